The number of nitro groups is 1. The Morgan fingerprint density at radius 2 is 2.27 bits per heavy atom. The maximum Gasteiger partial charge on any atom is 0.273 e. The van der Waals surface area contributed by atoms with Gasteiger partial charge in [0.05, 0.1) is 21.6 Å². The van der Waals surface area contributed by atoms with Crippen molar-refractivity contribution in [3.05, 3.63) is 50.5 Å². The van der Waals surface area contributed by atoms with Gasteiger partial charge in [0, 0.05) is 37.2 Å². The van der Waals surface area contributed by atoms with E-state index in [0.717, 1.165) is 11.1 Å². The van der Waals surface area contributed by atoms with Crippen LogP contribution in [0.25, 0.3) is 0 Å². The molecule has 0 spiro atoms. The van der Waals surface area contributed by atoms with Crippen LogP contribution in [0.15, 0.2) is 29.8 Å². The zero-order valence-electron chi connectivity index (χ0n) is 12.1. The molecule has 0 aliphatic heterocycles. The van der Waals surface area contributed by atoms with Crippen LogP contribution in [0.5, 0.6) is 5.75 Å². The molecule has 0 bridgehead atoms. The molecule has 7 nitrogen and oxygen atoms in total. The van der Waals surface area contributed by atoms with E-state index in [0.29, 0.717) is 6.54 Å². The van der Waals surface area contributed by atoms with E-state index in [-0.39, 0.29) is 17.2 Å². The number of carbonyl (C=O) groups excluding carboxylic acids is 1. The summed E-state index contributed by atoms with van der Waals surface area (Å²) in [5, 5.41) is 23.2. The Morgan fingerprint density at radius 3 is 2.82 bits per heavy atom. The van der Waals surface area contributed by atoms with E-state index in [1.807, 2.05) is 12.3 Å². The van der Waals surface area contributed by atoms with Crippen LogP contribution in [0.1, 0.15) is 28.2 Å². The fourth-order valence-electron chi connectivity index (χ4n) is 2.07. The fraction of sp³-hybridized carbons (Fsp3) is 0.286. The lowest BCUT2D eigenvalue weighted by Gasteiger charge is -2.20. The van der Waals surface area contributed by atoms with Crippen LogP contribution >= 0.6 is 11.3 Å². The van der Waals surface area contributed by atoms with E-state index in [1.54, 1.807) is 13.2 Å². The van der Waals surface area contributed by atoms with Crippen molar-refractivity contribution in [2.24, 2.45) is 0 Å². The normalized spacial score (nSPS) is 11.9. The molecule has 0 radical (unpaired) electrons. The van der Waals surface area contributed by atoms with E-state index < -0.39 is 16.6 Å². The van der Waals surface area contributed by atoms with Crippen molar-refractivity contribution in [1.29, 1.82) is 0 Å². The van der Waals surface area contributed by atoms with Crippen LogP contribution < -0.4 is 0 Å². The number of likely N-dealkylation sites (N-methyl/N-ethyl adjacent to an activating group) is 1. The maximum atomic E-state index is 12.3. The van der Waals surface area contributed by atoms with Gasteiger partial charge in [-0.25, -0.2) is 4.98 Å². The van der Waals surface area contributed by atoms with Crippen LogP contribution in [0, 0.1) is 10.1 Å². The first-order valence-corrected chi connectivity index (χ1v) is 7.40. The second-order valence-electron chi connectivity index (χ2n) is 4.92. The summed E-state index contributed by atoms with van der Waals surface area (Å²) in [6.45, 7) is 2.39. The van der Waals surface area contributed by atoms with Crippen LogP contribution in [-0.2, 0) is 0 Å². The number of thiazole rings is 1. The summed E-state index contributed by atoms with van der Waals surface area (Å²) < 4.78 is 0. The molecular weight excluding hydrogens is 306 g/mol. The lowest BCUT2D eigenvalue weighted by Crippen LogP contribution is -2.30. The van der Waals surface area contributed by atoms with Crippen molar-refractivity contribution in [3.63, 3.8) is 0 Å². The molecule has 1 heterocycles. The zero-order chi connectivity index (χ0) is 16.3. The number of hydrogen-bond acceptors (Lipinski definition) is 6. The van der Waals surface area contributed by atoms with Gasteiger partial charge >= 0.3 is 0 Å². The number of amides is 1. The fourth-order valence-corrected chi connectivity index (χ4v) is 2.76. The minimum atomic E-state index is -0.623. The Balaban J connectivity index is 2.12. The number of phenolic OH excluding ortho intramolecular Hbond substituents is 1. The lowest BCUT2D eigenvalue weighted by molar-refractivity contribution is -0.384. The van der Waals surface area contributed by atoms with Crippen molar-refractivity contribution in [3.8, 4) is 5.75 Å². The Morgan fingerprint density at radius 1 is 1.55 bits per heavy atom. The largest absolute Gasteiger partial charge is 0.507 e. The van der Waals surface area contributed by atoms with Crippen molar-refractivity contribution in [1.82, 2.24) is 9.88 Å². The van der Waals surface area contributed by atoms with E-state index in [9.17, 15) is 20.0 Å². The Kier molecular flexibility index (Phi) is 4.71. The van der Waals surface area contributed by atoms with Gasteiger partial charge in [0.1, 0.15) is 5.75 Å². The topological polar surface area (TPSA) is 96.6 Å². The van der Waals surface area contributed by atoms with Gasteiger partial charge in [-0.3, -0.25) is 14.9 Å². The van der Waals surface area contributed by atoms with Gasteiger partial charge in [0.2, 0.25) is 0 Å². The molecule has 1 amide bonds. The van der Waals surface area contributed by atoms with Crippen molar-refractivity contribution in [2.75, 3.05) is 13.6 Å². The number of nitrogens with zero attached hydrogens (tertiary/aromatic N) is 3. The number of carbonyl (C=O) groups is 1. The standard InChI is InChI=1S/C14H15N3O4S/c1-9(13-15-5-6-22-13)8-16(2)14(19)11-4-3-10(17(20)21)7-12(11)18/h3-7,9,18H,8H2,1-2H3/t9-/m1/s1. The summed E-state index contributed by atoms with van der Waals surface area (Å²) >= 11 is 1.52. The second-order valence-corrected chi connectivity index (χ2v) is 5.84. The Labute approximate surface area is 131 Å². The summed E-state index contributed by atoms with van der Waals surface area (Å²) in [6, 6.07) is 3.44. The van der Waals surface area contributed by atoms with Crippen LogP contribution in [0.2, 0.25) is 0 Å². The first-order chi connectivity index (χ1) is 10.4. The number of aromatic hydroxyl groups is 1. The van der Waals surface area contributed by atoms with Gasteiger partial charge in [-0.2, -0.15) is 0 Å². The summed E-state index contributed by atoms with van der Waals surface area (Å²) in [5.74, 6) is -0.724. The molecule has 0 unspecified atom stereocenters. The predicted molar refractivity (Wildman–Crippen MR) is 82.3 cm³/mol. The summed E-state index contributed by atoms with van der Waals surface area (Å²) in [4.78, 5) is 28.0. The van der Waals surface area contributed by atoms with Gasteiger partial charge < -0.3 is 10.0 Å². The van der Waals surface area contributed by atoms with Gasteiger partial charge in [-0.05, 0) is 6.07 Å². The molecule has 2 aromatic rings. The second kappa shape index (κ2) is 6.52. The molecule has 0 aliphatic carbocycles. The Bertz CT molecular complexity index is 687. The third-order valence-corrected chi connectivity index (χ3v) is 4.20. The number of non-ortho nitro benzene ring substituents is 1. The van der Waals surface area contributed by atoms with E-state index in [2.05, 4.69) is 4.98 Å². The van der Waals surface area contributed by atoms with Crippen molar-refractivity contribution >= 4 is 22.9 Å². The first kappa shape index (κ1) is 15.9. The SMILES string of the molecule is C[C@H](CN(C)C(=O)c1ccc([N+](=O)[O-])cc1O)c1nccs1. The van der Waals surface area contributed by atoms with Gasteiger partial charge in [0.15, 0.2) is 0 Å². The zero-order valence-corrected chi connectivity index (χ0v) is 12.9. The Hall–Kier alpha value is -2.48. The molecule has 0 saturated carbocycles. The molecule has 0 aliphatic rings. The van der Waals surface area contributed by atoms with Crippen molar-refractivity contribution in [2.45, 2.75) is 12.8 Å². The number of nitro benzene ring substituents is 1. The van der Waals surface area contributed by atoms with E-state index in [1.165, 1.54) is 28.4 Å². The quantitative estimate of drug-likeness (QED) is 0.674. The molecule has 116 valence electrons. The van der Waals surface area contributed by atoms with Crippen molar-refractivity contribution < 1.29 is 14.8 Å². The third-order valence-electron chi connectivity index (χ3n) is 3.19. The molecule has 0 saturated heterocycles. The van der Waals surface area contributed by atoms with Crippen LogP contribution in [-0.4, -0.2) is 39.4 Å². The molecule has 0 fully saturated rings. The van der Waals surface area contributed by atoms with E-state index >= 15 is 0 Å². The highest BCUT2D eigenvalue weighted by molar-refractivity contribution is 7.09. The van der Waals surface area contributed by atoms with Gasteiger partial charge in [-0.1, -0.05) is 6.92 Å². The smallest absolute Gasteiger partial charge is 0.273 e. The summed E-state index contributed by atoms with van der Waals surface area (Å²) in [6.07, 6.45) is 1.71. The monoisotopic (exact) mass is 321 g/mol. The van der Waals surface area contributed by atoms with Gasteiger partial charge in [-0.15, -0.1) is 11.3 Å². The number of aromatic nitrogens is 1. The van der Waals surface area contributed by atoms with Gasteiger partial charge in [0.25, 0.3) is 11.6 Å². The average Bonchev–Trinajstić information content (AvgIpc) is 3.00. The molecule has 1 aromatic carbocycles. The minimum Gasteiger partial charge on any atom is -0.507 e. The molecule has 1 aromatic heterocycles. The van der Waals surface area contributed by atoms with E-state index in [4.69, 9.17) is 0 Å². The third kappa shape index (κ3) is 3.40. The number of phenols is 1. The lowest BCUT2D eigenvalue weighted by atomic mass is 10.1. The maximum absolute atomic E-state index is 12.3. The highest BCUT2D eigenvalue weighted by atomic mass is 32.1. The summed E-state index contributed by atoms with van der Waals surface area (Å²) in [7, 11) is 1.62. The number of hydrogen-bond donors (Lipinski definition) is 1. The number of rotatable bonds is 5. The highest BCUT2D eigenvalue weighted by Gasteiger charge is 2.21. The predicted octanol–water partition coefficient (Wildman–Crippen LogP) is 2.63. The minimum absolute atomic E-state index is 0.0411. The molecule has 2 rings (SSSR count). The average molecular weight is 321 g/mol. The first-order valence-electron chi connectivity index (χ1n) is 6.52. The highest BCUT2D eigenvalue weighted by Crippen LogP contribution is 2.25. The molecule has 1 atom stereocenters. The summed E-state index contributed by atoms with van der Waals surface area (Å²) in [5.41, 5.74) is -0.215. The van der Waals surface area contributed by atoms with Crippen LogP contribution in [0.3, 0.4) is 0 Å². The molecular formula is C14H15N3O4S. The van der Waals surface area contributed by atoms with Crippen LogP contribution in [0.4, 0.5) is 5.69 Å². The molecule has 22 heavy (non-hydrogen) atoms. The number of benzene rings is 1. The molecule has 8 heteroatoms. The molecule has 1 N–H and O–H groups in total.